The first-order valence-corrected chi connectivity index (χ1v) is 7.06. The highest BCUT2D eigenvalue weighted by atomic mass is 127. The lowest BCUT2D eigenvalue weighted by Crippen LogP contribution is -2.32. The molecular weight excluding hydrogens is 377 g/mol. The highest BCUT2D eigenvalue weighted by molar-refractivity contribution is 14.0. The molecular formula is C16H24IN3O. The van der Waals surface area contributed by atoms with Gasteiger partial charge < -0.3 is 15.8 Å². The van der Waals surface area contributed by atoms with Crippen molar-refractivity contribution in [2.45, 2.75) is 25.2 Å². The number of fused-ring (bicyclic) bond motifs is 1. The van der Waals surface area contributed by atoms with Gasteiger partial charge in [0.05, 0.1) is 7.11 Å². The number of hydrogen-bond donors (Lipinski definition) is 2. The van der Waals surface area contributed by atoms with E-state index < -0.39 is 0 Å². The zero-order valence-corrected chi connectivity index (χ0v) is 14.8. The van der Waals surface area contributed by atoms with E-state index in [0.29, 0.717) is 18.4 Å². The second kappa shape index (κ2) is 8.92. The van der Waals surface area contributed by atoms with Crippen molar-refractivity contribution in [2.24, 2.45) is 10.7 Å². The van der Waals surface area contributed by atoms with Crippen molar-refractivity contribution in [3.8, 4) is 5.75 Å². The van der Waals surface area contributed by atoms with E-state index in [9.17, 15) is 0 Å². The molecule has 0 bridgehead atoms. The van der Waals surface area contributed by atoms with Gasteiger partial charge >= 0.3 is 0 Å². The van der Waals surface area contributed by atoms with Crippen molar-refractivity contribution in [3.63, 3.8) is 0 Å². The number of nitrogens with one attached hydrogen (secondary N) is 1. The fourth-order valence-corrected chi connectivity index (χ4v) is 2.65. The molecule has 1 unspecified atom stereocenters. The van der Waals surface area contributed by atoms with Gasteiger partial charge in [0.2, 0.25) is 0 Å². The third kappa shape index (κ3) is 4.91. The van der Waals surface area contributed by atoms with Crippen LogP contribution in [-0.2, 0) is 6.42 Å². The van der Waals surface area contributed by atoms with E-state index in [2.05, 4.69) is 29.0 Å². The van der Waals surface area contributed by atoms with Gasteiger partial charge in [0.1, 0.15) is 5.75 Å². The topological polar surface area (TPSA) is 59.6 Å². The van der Waals surface area contributed by atoms with Gasteiger partial charge in [-0.15, -0.1) is 30.6 Å². The van der Waals surface area contributed by atoms with E-state index in [-0.39, 0.29) is 24.0 Å². The van der Waals surface area contributed by atoms with Gasteiger partial charge in [0.15, 0.2) is 5.96 Å². The molecule has 3 N–H and O–H groups in total. The van der Waals surface area contributed by atoms with E-state index in [4.69, 9.17) is 10.5 Å². The Balaban J connectivity index is 0.00000220. The Morgan fingerprint density at radius 3 is 3.10 bits per heavy atom. The molecule has 2 rings (SSSR count). The molecule has 0 radical (unpaired) electrons. The van der Waals surface area contributed by atoms with Crippen LogP contribution in [-0.4, -0.2) is 26.2 Å². The number of methoxy groups -OCH3 is 1. The van der Waals surface area contributed by atoms with Crippen molar-refractivity contribution >= 4 is 29.9 Å². The van der Waals surface area contributed by atoms with Crippen LogP contribution in [0.15, 0.2) is 35.8 Å². The van der Waals surface area contributed by atoms with Crippen LogP contribution in [0.25, 0.3) is 0 Å². The molecule has 0 saturated heterocycles. The van der Waals surface area contributed by atoms with E-state index >= 15 is 0 Å². The summed E-state index contributed by atoms with van der Waals surface area (Å²) in [4.78, 5) is 4.43. The molecule has 116 valence electrons. The van der Waals surface area contributed by atoms with Crippen molar-refractivity contribution in [2.75, 3.05) is 20.2 Å². The third-order valence-electron chi connectivity index (χ3n) is 3.70. The highest BCUT2D eigenvalue weighted by Gasteiger charge is 2.20. The Hall–Kier alpha value is -1.24. The van der Waals surface area contributed by atoms with E-state index in [1.54, 1.807) is 13.2 Å². The lowest BCUT2D eigenvalue weighted by molar-refractivity contribution is 0.413. The fraction of sp³-hybridized carbons (Fsp3) is 0.438. The number of ether oxygens (including phenoxy) is 1. The van der Waals surface area contributed by atoms with Gasteiger partial charge in [-0.25, -0.2) is 0 Å². The summed E-state index contributed by atoms with van der Waals surface area (Å²) in [5.74, 6) is 1.87. The number of nitrogens with zero attached hydrogens (tertiary/aromatic N) is 1. The Bertz CT molecular complexity index is 502. The van der Waals surface area contributed by atoms with Crippen LogP contribution in [0.1, 0.15) is 29.9 Å². The zero-order valence-electron chi connectivity index (χ0n) is 12.5. The Kier molecular flexibility index (Phi) is 7.56. The number of rotatable bonds is 5. The smallest absolute Gasteiger partial charge is 0.188 e. The molecule has 0 heterocycles. The first-order valence-electron chi connectivity index (χ1n) is 7.06. The van der Waals surface area contributed by atoms with Crippen molar-refractivity contribution in [1.29, 1.82) is 0 Å². The molecule has 0 fully saturated rings. The number of aryl methyl sites for hydroxylation is 1. The first-order chi connectivity index (χ1) is 9.74. The minimum Gasteiger partial charge on any atom is -0.497 e. The predicted octanol–water partition coefficient (Wildman–Crippen LogP) is 2.82. The van der Waals surface area contributed by atoms with Crippen LogP contribution in [0.4, 0.5) is 0 Å². The van der Waals surface area contributed by atoms with Crippen LogP contribution in [0, 0.1) is 0 Å². The van der Waals surface area contributed by atoms with Gasteiger partial charge in [0.25, 0.3) is 0 Å². The molecule has 0 spiro atoms. The van der Waals surface area contributed by atoms with Crippen LogP contribution in [0.3, 0.4) is 0 Å². The molecule has 1 aliphatic carbocycles. The minimum atomic E-state index is 0. The highest BCUT2D eigenvalue weighted by Crippen LogP contribution is 2.33. The normalized spacial score (nSPS) is 17.4. The molecule has 0 saturated carbocycles. The van der Waals surface area contributed by atoms with E-state index in [1.807, 2.05) is 6.07 Å². The van der Waals surface area contributed by atoms with Crippen LogP contribution < -0.4 is 15.8 Å². The minimum absolute atomic E-state index is 0. The summed E-state index contributed by atoms with van der Waals surface area (Å²) >= 11 is 0. The maximum Gasteiger partial charge on any atom is 0.188 e. The van der Waals surface area contributed by atoms with Gasteiger partial charge in [-0.1, -0.05) is 12.1 Å². The number of benzene rings is 1. The van der Waals surface area contributed by atoms with Crippen LogP contribution in [0.5, 0.6) is 5.75 Å². The summed E-state index contributed by atoms with van der Waals surface area (Å²) in [5, 5.41) is 3.00. The maximum atomic E-state index is 5.81. The van der Waals surface area contributed by atoms with Crippen LogP contribution >= 0.6 is 24.0 Å². The molecule has 21 heavy (non-hydrogen) atoms. The summed E-state index contributed by atoms with van der Waals surface area (Å²) in [6.45, 7) is 5.02. The molecule has 0 amide bonds. The lowest BCUT2D eigenvalue weighted by Gasteiger charge is -2.24. The van der Waals surface area contributed by atoms with Crippen molar-refractivity contribution in [1.82, 2.24) is 5.32 Å². The fourth-order valence-electron chi connectivity index (χ4n) is 2.65. The predicted molar refractivity (Wildman–Crippen MR) is 98.8 cm³/mol. The summed E-state index contributed by atoms with van der Waals surface area (Å²) < 4.78 is 5.29. The molecule has 1 aromatic rings. The van der Waals surface area contributed by atoms with Crippen molar-refractivity contribution < 1.29 is 4.74 Å². The molecule has 1 atom stereocenters. The summed E-state index contributed by atoms with van der Waals surface area (Å²) in [6.07, 6.45) is 5.25. The Labute approximate surface area is 143 Å². The average Bonchev–Trinajstić information content (AvgIpc) is 2.50. The molecule has 1 aromatic carbocycles. The number of aliphatic imine (C=N–C) groups is 1. The third-order valence-corrected chi connectivity index (χ3v) is 3.70. The van der Waals surface area contributed by atoms with Gasteiger partial charge in [-0.2, -0.15) is 0 Å². The second-order valence-electron chi connectivity index (χ2n) is 5.05. The zero-order chi connectivity index (χ0) is 14.4. The quantitative estimate of drug-likeness (QED) is 0.345. The summed E-state index contributed by atoms with van der Waals surface area (Å²) in [7, 11) is 1.71. The molecule has 0 aliphatic heterocycles. The average molecular weight is 401 g/mol. The standard InChI is InChI=1S/C16H23N3O.HI/c1-3-9-18-16(17)19-11-13-6-4-5-12-10-14(20-2)7-8-15(12)13;/h3,7-8,10,13H,1,4-6,9,11H2,2H3,(H3,17,18,19);1H. The lowest BCUT2D eigenvalue weighted by atomic mass is 9.83. The van der Waals surface area contributed by atoms with Crippen LogP contribution in [0.2, 0.25) is 0 Å². The molecule has 0 aromatic heterocycles. The van der Waals surface area contributed by atoms with E-state index in [0.717, 1.165) is 25.1 Å². The second-order valence-corrected chi connectivity index (χ2v) is 5.05. The summed E-state index contributed by atoms with van der Waals surface area (Å²) in [5.41, 5.74) is 8.58. The SMILES string of the molecule is C=CCNC(N)=NCC1CCCc2cc(OC)ccc21.I. The van der Waals surface area contributed by atoms with Gasteiger partial charge in [-0.05, 0) is 42.5 Å². The number of guanidine groups is 1. The first kappa shape index (κ1) is 17.8. The Morgan fingerprint density at radius 2 is 2.38 bits per heavy atom. The van der Waals surface area contributed by atoms with E-state index in [1.165, 1.54) is 17.5 Å². The van der Waals surface area contributed by atoms with Crippen molar-refractivity contribution in [3.05, 3.63) is 42.0 Å². The van der Waals surface area contributed by atoms with Gasteiger partial charge in [-0.3, -0.25) is 4.99 Å². The largest absolute Gasteiger partial charge is 0.497 e. The number of hydrogen-bond acceptors (Lipinski definition) is 2. The molecule has 4 nitrogen and oxygen atoms in total. The number of nitrogens with two attached hydrogens (primary N) is 1. The van der Waals surface area contributed by atoms with Gasteiger partial charge in [0, 0.05) is 19.0 Å². The Morgan fingerprint density at radius 1 is 1.57 bits per heavy atom. The molecule has 1 aliphatic rings. The monoisotopic (exact) mass is 401 g/mol. The summed E-state index contributed by atoms with van der Waals surface area (Å²) in [6, 6.07) is 6.34. The maximum absolute atomic E-state index is 5.81. The number of halogens is 1. The molecule has 5 heteroatoms.